The second-order valence-electron chi connectivity index (χ2n) is 9.17. The summed E-state index contributed by atoms with van der Waals surface area (Å²) in [6, 6.07) is 4.15. The standard InChI is InChI=1S/C23H22Cl2F3N5O4S/c1-3-22(10-38(36,37)11-22)31-20(34)14-8-13(24)7-12(2)18(14)30-21(35)16-9-17(23(26,27)28)32-33(16)19-15(25)5-4-6-29-19/h4-8,16H,3,9-11H2,1-2H3,(H,30,35)(H,31,34). The van der Waals surface area contributed by atoms with Crippen molar-refractivity contribution in [1.29, 1.82) is 0 Å². The van der Waals surface area contributed by atoms with E-state index in [9.17, 15) is 31.2 Å². The van der Waals surface area contributed by atoms with E-state index in [0.717, 1.165) is 5.01 Å². The zero-order valence-corrected chi connectivity index (χ0v) is 22.4. The Morgan fingerprint density at radius 2 is 1.92 bits per heavy atom. The largest absolute Gasteiger partial charge is 0.431 e. The van der Waals surface area contributed by atoms with Gasteiger partial charge in [0.1, 0.15) is 11.8 Å². The Kier molecular flexibility index (Phi) is 7.40. The first-order valence-corrected chi connectivity index (χ1v) is 13.9. The zero-order valence-electron chi connectivity index (χ0n) is 20.1. The Hall–Kier alpha value is -2.90. The molecule has 0 aliphatic carbocycles. The monoisotopic (exact) mass is 591 g/mol. The number of carbonyl (C=O) groups is 2. The number of nitrogens with one attached hydrogen (secondary N) is 2. The number of pyridine rings is 1. The molecule has 204 valence electrons. The molecular weight excluding hydrogens is 570 g/mol. The summed E-state index contributed by atoms with van der Waals surface area (Å²) < 4.78 is 64.1. The van der Waals surface area contributed by atoms with Gasteiger partial charge in [-0.05, 0) is 43.2 Å². The van der Waals surface area contributed by atoms with Gasteiger partial charge in [-0.2, -0.15) is 18.3 Å². The molecule has 2 aromatic rings. The fourth-order valence-corrected chi connectivity index (χ4v) is 7.03. The first-order chi connectivity index (χ1) is 17.6. The van der Waals surface area contributed by atoms with Crippen LogP contribution in [-0.4, -0.2) is 60.2 Å². The van der Waals surface area contributed by atoms with E-state index in [0.29, 0.717) is 12.0 Å². The predicted octanol–water partition coefficient (Wildman–Crippen LogP) is 4.14. The summed E-state index contributed by atoms with van der Waals surface area (Å²) in [5.74, 6) is -2.20. The van der Waals surface area contributed by atoms with Gasteiger partial charge >= 0.3 is 6.18 Å². The molecule has 2 aliphatic heterocycles. The molecule has 15 heteroatoms. The van der Waals surface area contributed by atoms with Gasteiger partial charge in [0.25, 0.3) is 5.91 Å². The van der Waals surface area contributed by atoms with Crippen molar-refractivity contribution in [2.24, 2.45) is 5.10 Å². The molecule has 2 N–H and O–H groups in total. The SMILES string of the molecule is CCC1(NC(=O)c2cc(Cl)cc(C)c2NC(=O)C2CC(C(F)(F)F)=NN2c2ncccc2Cl)CS(=O)(=O)C1. The van der Waals surface area contributed by atoms with Gasteiger partial charge in [0.2, 0.25) is 5.91 Å². The van der Waals surface area contributed by atoms with Gasteiger partial charge in [-0.3, -0.25) is 9.59 Å². The molecule has 1 aromatic carbocycles. The Morgan fingerprint density at radius 3 is 2.50 bits per heavy atom. The third-order valence-electron chi connectivity index (χ3n) is 6.34. The van der Waals surface area contributed by atoms with Crippen molar-refractivity contribution in [2.75, 3.05) is 21.8 Å². The van der Waals surface area contributed by atoms with Crippen LogP contribution in [0.15, 0.2) is 35.6 Å². The van der Waals surface area contributed by atoms with Crippen molar-refractivity contribution in [2.45, 2.75) is 44.4 Å². The molecule has 0 radical (unpaired) electrons. The Morgan fingerprint density at radius 1 is 1.24 bits per heavy atom. The third kappa shape index (κ3) is 5.59. The molecule has 1 aromatic heterocycles. The average molecular weight is 592 g/mol. The first kappa shape index (κ1) is 28.1. The number of aromatic nitrogens is 1. The number of hydrogen-bond acceptors (Lipinski definition) is 7. The van der Waals surface area contributed by atoms with Crippen LogP contribution in [0.4, 0.5) is 24.7 Å². The molecule has 2 aliphatic rings. The van der Waals surface area contributed by atoms with E-state index >= 15 is 0 Å². The third-order valence-corrected chi connectivity index (χ3v) is 8.84. The zero-order chi connectivity index (χ0) is 28.0. The summed E-state index contributed by atoms with van der Waals surface area (Å²) in [4.78, 5) is 30.6. The highest BCUT2D eigenvalue weighted by atomic mass is 35.5. The smallest absolute Gasteiger partial charge is 0.344 e. The topological polar surface area (TPSA) is 121 Å². The van der Waals surface area contributed by atoms with Crippen molar-refractivity contribution in [3.05, 3.63) is 51.6 Å². The first-order valence-electron chi connectivity index (χ1n) is 11.3. The molecule has 1 atom stereocenters. The Labute approximate surface area is 226 Å². The summed E-state index contributed by atoms with van der Waals surface area (Å²) in [5.41, 5.74) is -1.86. The number of amides is 2. The maximum absolute atomic E-state index is 13.5. The molecule has 1 fully saturated rings. The molecule has 0 bridgehead atoms. The number of alkyl halides is 3. The van der Waals surface area contributed by atoms with Crippen LogP contribution in [0.3, 0.4) is 0 Å². The summed E-state index contributed by atoms with van der Waals surface area (Å²) in [7, 11) is -3.28. The number of nitrogens with zero attached hydrogens (tertiary/aromatic N) is 3. The lowest BCUT2D eigenvalue weighted by atomic mass is 9.98. The van der Waals surface area contributed by atoms with Crippen LogP contribution in [0.5, 0.6) is 0 Å². The number of hydrazone groups is 1. The maximum Gasteiger partial charge on any atom is 0.431 e. The summed E-state index contributed by atoms with van der Waals surface area (Å²) in [6.45, 7) is 3.29. The highest BCUT2D eigenvalue weighted by molar-refractivity contribution is 7.93. The highest BCUT2D eigenvalue weighted by Gasteiger charge is 2.49. The maximum atomic E-state index is 13.5. The molecule has 0 saturated carbocycles. The Bertz CT molecular complexity index is 1440. The molecule has 9 nitrogen and oxygen atoms in total. The van der Waals surface area contributed by atoms with Crippen molar-refractivity contribution < 1.29 is 31.2 Å². The molecule has 3 heterocycles. The van der Waals surface area contributed by atoms with Crippen molar-refractivity contribution >= 4 is 62.1 Å². The van der Waals surface area contributed by atoms with Crippen LogP contribution in [-0.2, 0) is 14.6 Å². The van der Waals surface area contributed by atoms with Gasteiger partial charge in [-0.25, -0.2) is 18.4 Å². The van der Waals surface area contributed by atoms with Gasteiger partial charge in [0.05, 0.1) is 33.3 Å². The Balaban J connectivity index is 1.65. The number of benzene rings is 1. The van der Waals surface area contributed by atoms with Crippen LogP contribution in [0.1, 0.15) is 35.7 Å². The minimum Gasteiger partial charge on any atom is -0.344 e. The van der Waals surface area contributed by atoms with E-state index in [2.05, 4.69) is 20.7 Å². The lowest BCUT2D eigenvalue weighted by molar-refractivity contribution is -0.117. The van der Waals surface area contributed by atoms with Gasteiger partial charge < -0.3 is 10.6 Å². The quantitative estimate of drug-likeness (QED) is 0.521. The fraction of sp³-hybridized carbons (Fsp3) is 0.391. The number of sulfone groups is 1. The summed E-state index contributed by atoms with van der Waals surface area (Å²) in [6.07, 6.45) is -3.94. The van der Waals surface area contributed by atoms with E-state index in [-0.39, 0.29) is 38.6 Å². The fourth-order valence-electron chi connectivity index (χ4n) is 4.39. The predicted molar refractivity (Wildman–Crippen MR) is 138 cm³/mol. The van der Waals surface area contributed by atoms with Crippen LogP contribution in [0.25, 0.3) is 0 Å². The lowest BCUT2D eigenvalue weighted by Crippen LogP contribution is -2.65. The second kappa shape index (κ2) is 10.0. The molecular formula is C23H22Cl2F3N5O4S. The van der Waals surface area contributed by atoms with E-state index in [1.54, 1.807) is 13.8 Å². The van der Waals surface area contributed by atoms with Crippen LogP contribution < -0.4 is 15.6 Å². The molecule has 1 saturated heterocycles. The minimum absolute atomic E-state index is 0.0119. The van der Waals surface area contributed by atoms with Gasteiger partial charge in [0.15, 0.2) is 15.7 Å². The average Bonchev–Trinajstić information content (AvgIpc) is 3.25. The van der Waals surface area contributed by atoms with Crippen LogP contribution >= 0.6 is 23.2 Å². The van der Waals surface area contributed by atoms with Crippen molar-refractivity contribution in [1.82, 2.24) is 10.3 Å². The minimum atomic E-state index is -4.80. The molecule has 38 heavy (non-hydrogen) atoms. The number of halogens is 5. The number of anilines is 2. The molecule has 1 unspecified atom stereocenters. The summed E-state index contributed by atoms with van der Waals surface area (Å²) in [5, 5.41) is 9.81. The van der Waals surface area contributed by atoms with Gasteiger partial charge in [-0.15, -0.1) is 0 Å². The van der Waals surface area contributed by atoms with Gasteiger partial charge in [-0.1, -0.05) is 30.1 Å². The molecule has 2 amide bonds. The van der Waals surface area contributed by atoms with E-state index in [1.807, 2.05) is 0 Å². The number of carbonyl (C=O) groups excluding carboxylic acids is 2. The highest BCUT2D eigenvalue weighted by Crippen LogP contribution is 2.35. The van der Waals surface area contributed by atoms with Crippen molar-refractivity contribution in [3.63, 3.8) is 0 Å². The van der Waals surface area contributed by atoms with E-state index in [1.165, 1.54) is 30.5 Å². The number of rotatable bonds is 6. The molecule has 4 rings (SSSR count). The van der Waals surface area contributed by atoms with Crippen molar-refractivity contribution in [3.8, 4) is 0 Å². The van der Waals surface area contributed by atoms with E-state index in [4.69, 9.17) is 23.2 Å². The van der Waals surface area contributed by atoms with Gasteiger partial charge in [0, 0.05) is 17.6 Å². The lowest BCUT2D eigenvalue weighted by Gasteiger charge is -2.41. The normalized spacial score (nSPS) is 19.9. The second-order valence-corrected chi connectivity index (χ2v) is 12.1. The number of hydrogen-bond donors (Lipinski definition) is 2. The van der Waals surface area contributed by atoms with E-state index < -0.39 is 51.5 Å². The number of aryl methyl sites for hydroxylation is 1. The molecule has 0 spiro atoms. The summed E-state index contributed by atoms with van der Waals surface area (Å²) >= 11 is 12.3. The van der Waals surface area contributed by atoms with Crippen LogP contribution in [0, 0.1) is 6.92 Å². The van der Waals surface area contributed by atoms with Crippen LogP contribution in [0.2, 0.25) is 10.0 Å².